The number of ether oxygens (including phenoxy) is 1. The van der Waals surface area contributed by atoms with Crippen molar-refractivity contribution in [3.8, 4) is 11.4 Å². The van der Waals surface area contributed by atoms with Gasteiger partial charge in [-0.05, 0) is 55.8 Å². The fraction of sp³-hybridized carbons (Fsp3) is 0.130. The van der Waals surface area contributed by atoms with Crippen LogP contribution in [0.25, 0.3) is 27.8 Å². The summed E-state index contributed by atoms with van der Waals surface area (Å²) in [6, 6.07) is 17.8. The number of aryl methyl sites for hydroxylation is 1. The van der Waals surface area contributed by atoms with Crippen molar-refractivity contribution < 1.29 is 4.74 Å². The van der Waals surface area contributed by atoms with E-state index >= 15 is 0 Å². The van der Waals surface area contributed by atoms with Crippen LogP contribution < -0.4 is 14.8 Å². The first-order chi connectivity index (χ1) is 14.1. The third-order valence-corrected chi connectivity index (χ3v) is 6.20. The maximum atomic E-state index is 13.1. The highest BCUT2D eigenvalue weighted by Gasteiger charge is 2.14. The molecule has 0 spiro atoms. The zero-order valence-electron chi connectivity index (χ0n) is 16.3. The molecular weight excluding hydrogens is 382 g/mol. The number of aromatic nitrogens is 3. The lowest BCUT2D eigenvalue weighted by Gasteiger charge is -2.13. The molecule has 29 heavy (non-hydrogen) atoms. The van der Waals surface area contributed by atoms with Gasteiger partial charge in [0.25, 0.3) is 5.56 Å². The fourth-order valence-corrected chi connectivity index (χ4v) is 4.85. The Labute approximate surface area is 171 Å². The molecule has 0 aliphatic heterocycles. The molecule has 3 aromatic heterocycles. The van der Waals surface area contributed by atoms with E-state index in [4.69, 9.17) is 4.74 Å². The molecule has 0 unspecified atom stereocenters. The van der Waals surface area contributed by atoms with Crippen molar-refractivity contribution in [3.05, 3.63) is 86.4 Å². The van der Waals surface area contributed by atoms with Crippen LogP contribution in [-0.4, -0.2) is 21.1 Å². The average Bonchev–Trinajstić information content (AvgIpc) is 3.33. The quantitative estimate of drug-likeness (QED) is 0.461. The van der Waals surface area contributed by atoms with Gasteiger partial charge in [0.15, 0.2) is 4.96 Å². The van der Waals surface area contributed by atoms with Gasteiger partial charge in [0, 0.05) is 11.4 Å². The normalized spacial score (nSPS) is 12.3. The van der Waals surface area contributed by atoms with Crippen LogP contribution in [0.1, 0.15) is 17.0 Å². The van der Waals surface area contributed by atoms with Gasteiger partial charge < -0.3 is 9.30 Å². The van der Waals surface area contributed by atoms with E-state index in [1.54, 1.807) is 11.5 Å². The fourth-order valence-electron chi connectivity index (χ4n) is 3.87. The number of hydrogen-bond donors (Lipinski definition) is 0. The summed E-state index contributed by atoms with van der Waals surface area (Å²) in [7, 11) is 1.68. The lowest BCUT2D eigenvalue weighted by atomic mass is 10.2. The summed E-state index contributed by atoms with van der Waals surface area (Å²) in [5, 5.41) is 0. The highest BCUT2D eigenvalue weighted by atomic mass is 32.1. The summed E-state index contributed by atoms with van der Waals surface area (Å²) in [4.78, 5) is 18.4. The topological polar surface area (TPSA) is 48.5 Å². The van der Waals surface area contributed by atoms with Gasteiger partial charge in [0.2, 0.25) is 0 Å². The van der Waals surface area contributed by atoms with Crippen LogP contribution in [-0.2, 0) is 0 Å². The molecule has 0 atom stereocenters. The van der Waals surface area contributed by atoms with Gasteiger partial charge in [-0.2, -0.15) is 0 Å². The van der Waals surface area contributed by atoms with Crippen molar-refractivity contribution in [1.29, 1.82) is 0 Å². The first kappa shape index (κ1) is 17.7. The van der Waals surface area contributed by atoms with Gasteiger partial charge in [-0.3, -0.25) is 4.79 Å². The molecule has 3 heterocycles. The Morgan fingerprint density at radius 1 is 1.07 bits per heavy atom. The number of thiazole rings is 1. The summed E-state index contributed by atoms with van der Waals surface area (Å²) >= 11 is 1.42. The monoisotopic (exact) mass is 401 g/mol. The minimum absolute atomic E-state index is 0.0270. The SMILES string of the molecule is COc1ccccc1-n1c(C)cc(C=c2sc3nc4ccccc4n3c2=O)c1C. The van der Waals surface area contributed by atoms with Gasteiger partial charge in [-0.15, -0.1) is 0 Å². The Hall–Kier alpha value is -3.38. The summed E-state index contributed by atoms with van der Waals surface area (Å²) in [5.41, 5.74) is 5.80. The number of benzene rings is 2. The molecule has 6 heteroatoms. The minimum Gasteiger partial charge on any atom is -0.495 e. The average molecular weight is 401 g/mol. The maximum Gasteiger partial charge on any atom is 0.274 e. The van der Waals surface area contributed by atoms with Gasteiger partial charge >= 0.3 is 0 Å². The number of imidazole rings is 1. The Morgan fingerprint density at radius 3 is 2.66 bits per heavy atom. The van der Waals surface area contributed by atoms with Gasteiger partial charge in [-0.1, -0.05) is 35.6 Å². The largest absolute Gasteiger partial charge is 0.495 e. The van der Waals surface area contributed by atoms with E-state index in [1.807, 2.05) is 54.6 Å². The lowest BCUT2D eigenvalue weighted by Crippen LogP contribution is -2.22. The molecule has 0 aliphatic rings. The second kappa shape index (κ2) is 6.60. The number of rotatable bonds is 3. The van der Waals surface area contributed by atoms with Crippen molar-refractivity contribution in [2.24, 2.45) is 0 Å². The highest BCUT2D eigenvalue weighted by molar-refractivity contribution is 7.15. The molecule has 144 valence electrons. The van der Waals surface area contributed by atoms with Crippen LogP contribution in [0.2, 0.25) is 0 Å². The van der Waals surface area contributed by atoms with E-state index in [1.165, 1.54) is 11.3 Å². The molecule has 0 fully saturated rings. The molecule has 0 saturated carbocycles. The molecule has 0 bridgehead atoms. The van der Waals surface area contributed by atoms with E-state index in [0.717, 1.165) is 44.4 Å². The van der Waals surface area contributed by atoms with Crippen LogP contribution in [0, 0.1) is 13.8 Å². The third kappa shape index (κ3) is 2.68. The third-order valence-electron chi connectivity index (χ3n) is 5.23. The molecular formula is C23H19N3O2S. The van der Waals surface area contributed by atoms with Crippen LogP contribution in [0.15, 0.2) is 59.4 Å². The summed E-state index contributed by atoms with van der Waals surface area (Å²) < 4.78 is 10.1. The van der Waals surface area contributed by atoms with Gasteiger partial charge in [0.05, 0.1) is 28.4 Å². The standard InChI is InChI=1S/C23H19N3O2S/c1-14-12-16(15(2)25(14)19-10-6-7-11-20(19)28-3)13-21-22(27)26-18-9-5-4-8-17(18)24-23(26)29-21/h4-13H,1-3H3. The molecule has 5 rings (SSSR count). The Morgan fingerprint density at radius 2 is 1.83 bits per heavy atom. The lowest BCUT2D eigenvalue weighted by molar-refractivity contribution is 0.412. The Kier molecular flexibility index (Phi) is 4.03. The van der Waals surface area contributed by atoms with Gasteiger partial charge in [-0.25, -0.2) is 9.38 Å². The molecule has 5 nitrogen and oxygen atoms in total. The van der Waals surface area contributed by atoms with E-state index in [2.05, 4.69) is 29.5 Å². The summed E-state index contributed by atoms with van der Waals surface area (Å²) in [6.07, 6.45) is 1.96. The summed E-state index contributed by atoms with van der Waals surface area (Å²) in [6.45, 7) is 4.12. The Balaban J connectivity index is 1.71. The van der Waals surface area contributed by atoms with E-state index in [0.29, 0.717) is 4.53 Å². The van der Waals surface area contributed by atoms with Crippen LogP contribution >= 0.6 is 11.3 Å². The van der Waals surface area contributed by atoms with Crippen LogP contribution in [0.4, 0.5) is 0 Å². The second-order valence-corrected chi connectivity index (χ2v) is 7.98. The molecule has 2 aromatic carbocycles. The minimum atomic E-state index is -0.0270. The second-order valence-electron chi connectivity index (χ2n) is 6.97. The Bertz CT molecular complexity index is 1490. The highest BCUT2D eigenvalue weighted by Crippen LogP contribution is 2.28. The number of nitrogens with zero attached hydrogens (tertiary/aromatic N) is 3. The number of para-hydroxylation sites is 4. The number of hydrogen-bond acceptors (Lipinski definition) is 4. The zero-order chi connectivity index (χ0) is 20.1. The van der Waals surface area contributed by atoms with Crippen molar-refractivity contribution in [2.45, 2.75) is 13.8 Å². The van der Waals surface area contributed by atoms with Crippen molar-refractivity contribution in [1.82, 2.24) is 14.0 Å². The molecule has 0 radical (unpaired) electrons. The smallest absolute Gasteiger partial charge is 0.274 e. The molecule has 5 aromatic rings. The summed E-state index contributed by atoms with van der Waals surface area (Å²) in [5.74, 6) is 0.812. The maximum absolute atomic E-state index is 13.1. The first-order valence-electron chi connectivity index (χ1n) is 9.32. The predicted octanol–water partition coefficient (Wildman–Crippen LogP) is 3.87. The molecule has 0 aliphatic carbocycles. The van der Waals surface area contributed by atoms with Crippen molar-refractivity contribution in [3.63, 3.8) is 0 Å². The van der Waals surface area contributed by atoms with E-state index in [9.17, 15) is 4.79 Å². The van der Waals surface area contributed by atoms with Crippen molar-refractivity contribution in [2.75, 3.05) is 7.11 Å². The zero-order valence-corrected chi connectivity index (χ0v) is 17.2. The van der Waals surface area contributed by atoms with E-state index < -0.39 is 0 Å². The van der Waals surface area contributed by atoms with Crippen LogP contribution in [0.5, 0.6) is 5.75 Å². The number of fused-ring (bicyclic) bond motifs is 3. The van der Waals surface area contributed by atoms with Crippen LogP contribution in [0.3, 0.4) is 0 Å². The predicted molar refractivity (Wildman–Crippen MR) is 117 cm³/mol. The van der Waals surface area contributed by atoms with E-state index in [-0.39, 0.29) is 5.56 Å². The molecule has 0 amide bonds. The van der Waals surface area contributed by atoms with Gasteiger partial charge in [0.1, 0.15) is 5.75 Å². The molecule has 0 N–H and O–H groups in total. The number of methoxy groups -OCH3 is 1. The van der Waals surface area contributed by atoms with Crippen molar-refractivity contribution >= 4 is 33.4 Å². The molecule has 0 saturated heterocycles. The first-order valence-corrected chi connectivity index (χ1v) is 10.1.